The zero-order chi connectivity index (χ0) is 13.5. The minimum Gasteiger partial charge on any atom is -0.491 e. The van der Waals surface area contributed by atoms with Gasteiger partial charge in [-0.15, -0.1) is 0 Å². The van der Waals surface area contributed by atoms with Crippen molar-refractivity contribution in [3.8, 4) is 5.75 Å². The highest BCUT2D eigenvalue weighted by atomic mass is 79.9. The summed E-state index contributed by atoms with van der Waals surface area (Å²) in [5.74, 6) is 0.783. The quantitative estimate of drug-likeness (QED) is 0.843. The molecule has 1 aromatic rings. The van der Waals surface area contributed by atoms with E-state index in [1.807, 2.05) is 24.3 Å². The minimum absolute atomic E-state index is 0.330. The van der Waals surface area contributed by atoms with Crippen molar-refractivity contribution in [1.82, 2.24) is 5.32 Å². The lowest BCUT2D eigenvalue weighted by molar-refractivity contribution is 0.102. The summed E-state index contributed by atoms with van der Waals surface area (Å²) in [5, 5.41) is 13.3. The first kappa shape index (κ1) is 14.8. The zero-order valence-corrected chi connectivity index (χ0v) is 12.7. The van der Waals surface area contributed by atoms with Crippen molar-refractivity contribution >= 4 is 15.9 Å². The second-order valence-electron chi connectivity index (χ2n) is 5.17. The van der Waals surface area contributed by atoms with E-state index in [-0.39, 0.29) is 0 Å². The van der Waals surface area contributed by atoms with E-state index >= 15 is 0 Å². The van der Waals surface area contributed by atoms with Crippen LogP contribution in [0.5, 0.6) is 5.75 Å². The fourth-order valence-electron chi connectivity index (χ4n) is 2.42. The van der Waals surface area contributed by atoms with E-state index in [4.69, 9.17) is 4.74 Å². The summed E-state index contributed by atoms with van der Waals surface area (Å²) in [4.78, 5) is 0. The van der Waals surface area contributed by atoms with Crippen LogP contribution in [0.2, 0.25) is 0 Å². The van der Waals surface area contributed by atoms with Gasteiger partial charge in [0.05, 0.1) is 0 Å². The standard InChI is InChI=1S/C15H22BrNO2/c16-12-5-4-8-15(9-12)19-11-14(18)10-17-13-6-2-1-3-7-13/h4-5,8-9,13-14,17-18H,1-3,6-7,10-11H2. The fraction of sp³-hybridized carbons (Fsp3) is 0.600. The molecule has 106 valence electrons. The molecule has 2 rings (SSSR count). The monoisotopic (exact) mass is 327 g/mol. The van der Waals surface area contributed by atoms with Crippen molar-refractivity contribution in [2.45, 2.75) is 44.2 Å². The molecule has 1 aliphatic rings. The molecule has 0 aromatic heterocycles. The lowest BCUT2D eigenvalue weighted by Gasteiger charge is -2.24. The molecule has 0 aliphatic heterocycles. The van der Waals surface area contributed by atoms with Crippen LogP contribution in [0.3, 0.4) is 0 Å². The maximum absolute atomic E-state index is 9.91. The number of hydrogen-bond donors (Lipinski definition) is 2. The van der Waals surface area contributed by atoms with Gasteiger partial charge in [0.2, 0.25) is 0 Å². The van der Waals surface area contributed by atoms with E-state index in [2.05, 4.69) is 21.2 Å². The Morgan fingerprint density at radius 2 is 2.11 bits per heavy atom. The molecule has 4 heteroatoms. The first-order valence-corrected chi connectivity index (χ1v) is 7.83. The van der Waals surface area contributed by atoms with Gasteiger partial charge in [-0.05, 0) is 31.0 Å². The van der Waals surface area contributed by atoms with Gasteiger partial charge in [-0.3, -0.25) is 0 Å². The zero-order valence-electron chi connectivity index (χ0n) is 11.1. The molecule has 0 bridgehead atoms. The topological polar surface area (TPSA) is 41.5 Å². The highest BCUT2D eigenvalue weighted by Gasteiger charge is 2.14. The summed E-state index contributed by atoms with van der Waals surface area (Å²) in [7, 11) is 0. The van der Waals surface area contributed by atoms with Crippen LogP contribution in [0.25, 0.3) is 0 Å². The van der Waals surface area contributed by atoms with Gasteiger partial charge in [-0.2, -0.15) is 0 Å². The molecule has 19 heavy (non-hydrogen) atoms. The Morgan fingerprint density at radius 3 is 2.84 bits per heavy atom. The van der Waals surface area contributed by atoms with Gasteiger partial charge < -0.3 is 15.2 Å². The SMILES string of the molecule is OC(CNC1CCCCC1)COc1cccc(Br)c1. The Hall–Kier alpha value is -0.580. The molecule has 0 heterocycles. The summed E-state index contributed by atoms with van der Waals surface area (Å²) in [6.07, 6.45) is 5.98. The third-order valence-corrected chi connectivity index (χ3v) is 3.98. The van der Waals surface area contributed by atoms with E-state index in [1.165, 1.54) is 32.1 Å². The molecule has 0 radical (unpaired) electrons. The summed E-state index contributed by atoms with van der Waals surface area (Å²) < 4.78 is 6.55. The Kier molecular flexibility index (Phi) is 6.14. The van der Waals surface area contributed by atoms with Crippen molar-refractivity contribution < 1.29 is 9.84 Å². The summed E-state index contributed by atoms with van der Waals surface area (Å²) >= 11 is 3.40. The van der Waals surface area contributed by atoms with Crippen LogP contribution in [-0.2, 0) is 0 Å². The molecule has 3 nitrogen and oxygen atoms in total. The molecule has 1 fully saturated rings. The normalized spacial score (nSPS) is 18.2. The number of ether oxygens (including phenoxy) is 1. The van der Waals surface area contributed by atoms with E-state index in [0.717, 1.165) is 10.2 Å². The van der Waals surface area contributed by atoms with Crippen molar-refractivity contribution in [3.05, 3.63) is 28.7 Å². The largest absolute Gasteiger partial charge is 0.491 e. The van der Waals surface area contributed by atoms with E-state index < -0.39 is 6.10 Å². The molecular weight excluding hydrogens is 306 g/mol. The molecule has 0 amide bonds. The Morgan fingerprint density at radius 1 is 1.32 bits per heavy atom. The van der Waals surface area contributed by atoms with Gasteiger partial charge in [-0.1, -0.05) is 41.3 Å². The molecule has 1 aliphatic carbocycles. The number of benzene rings is 1. The van der Waals surface area contributed by atoms with Gasteiger partial charge in [0.15, 0.2) is 0 Å². The van der Waals surface area contributed by atoms with Crippen LogP contribution < -0.4 is 10.1 Å². The van der Waals surface area contributed by atoms with Crippen molar-refractivity contribution in [2.75, 3.05) is 13.2 Å². The van der Waals surface area contributed by atoms with Crippen LogP contribution >= 0.6 is 15.9 Å². The number of aliphatic hydroxyl groups excluding tert-OH is 1. The third kappa shape index (κ3) is 5.51. The molecule has 1 unspecified atom stereocenters. The lowest BCUT2D eigenvalue weighted by atomic mass is 9.95. The average Bonchev–Trinajstić information content (AvgIpc) is 2.44. The van der Waals surface area contributed by atoms with E-state index in [9.17, 15) is 5.11 Å². The molecule has 0 spiro atoms. The number of aliphatic hydroxyl groups is 1. The number of hydrogen-bond acceptors (Lipinski definition) is 3. The Bertz CT molecular complexity index is 380. The number of nitrogens with one attached hydrogen (secondary N) is 1. The second kappa shape index (κ2) is 7.88. The number of rotatable bonds is 6. The van der Waals surface area contributed by atoms with Gasteiger partial charge in [-0.25, -0.2) is 0 Å². The van der Waals surface area contributed by atoms with Crippen LogP contribution in [0, 0.1) is 0 Å². The Balaban J connectivity index is 1.65. The van der Waals surface area contributed by atoms with Crippen molar-refractivity contribution in [3.63, 3.8) is 0 Å². The maximum Gasteiger partial charge on any atom is 0.120 e. The van der Waals surface area contributed by atoms with Crippen LogP contribution in [0.4, 0.5) is 0 Å². The average molecular weight is 328 g/mol. The summed E-state index contributed by atoms with van der Waals surface area (Å²) in [6, 6.07) is 8.25. The van der Waals surface area contributed by atoms with Crippen molar-refractivity contribution in [2.24, 2.45) is 0 Å². The van der Waals surface area contributed by atoms with Crippen LogP contribution in [0.1, 0.15) is 32.1 Å². The first-order valence-electron chi connectivity index (χ1n) is 7.04. The van der Waals surface area contributed by atoms with Crippen LogP contribution in [0.15, 0.2) is 28.7 Å². The molecule has 1 saturated carbocycles. The lowest BCUT2D eigenvalue weighted by Crippen LogP contribution is -2.38. The highest BCUT2D eigenvalue weighted by Crippen LogP contribution is 2.18. The van der Waals surface area contributed by atoms with Gasteiger partial charge in [0.25, 0.3) is 0 Å². The van der Waals surface area contributed by atoms with E-state index in [1.54, 1.807) is 0 Å². The molecule has 0 saturated heterocycles. The fourth-order valence-corrected chi connectivity index (χ4v) is 2.80. The maximum atomic E-state index is 9.91. The predicted molar refractivity (Wildman–Crippen MR) is 80.5 cm³/mol. The van der Waals surface area contributed by atoms with Crippen molar-refractivity contribution in [1.29, 1.82) is 0 Å². The Labute approximate surface area is 123 Å². The van der Waals surface area contributed by atoms with E-state index in [0.29, 0.717) is 19.2 Å². The molecular formula is C15H22BrNO2. The summed E-state index contributed by atoms with van der Waals surface area (Å²) in [6.45, 7) is 0.939. The van der Waals surface area contributed by atoms with Gasteiger partial charge in [0, 0.05) is 17.1 Å². The third-order valence-electron chi connectivity index (χ3n) is 3.49. The number of halogens is 1. The summed E-state index contributed by atoms with van der Waals surface area (Å²) in [5.41, 5.74) is 0. The molecule has 1 atom stereocenters. The van der Waals surface area contributed by atoms with Gasteiger partial charge in [0.1, 0.15) is 18.5 Å². The second-order valence-corrected chi connectivity index (χ2v) is 6.08. The van der Waals surface area contributed by atoms with Gasteiger partial charge >= 0.3 is 0 Å². The smallest absolute Gasteiger partial charge is 0.120 e. The highest BCUT2D eigenvalue weighted by molar-refractivity contribution is 9.10. The molecule has 1 aromatic carbocycles. The molecule has 2 N–H and O–H groups in total. The first-order chi connectivity index (χ1) is 9.24. The predicted octanol–water partition coefficient (Wildman–Crippen LogP) is 3.11. The van der Waals surface area contributed by atoms with Crippen LogP contribution in [-0.4, -0.2) is 30.4 Å². The minimum atomic E-state index is -0.457.